The van der Waals surface area contributed by atoms with Crippen molar-refractivity contribution < 1.29 is 0 Å². The Morgan fingerprint density at radius 1 is 0.242 bits per heavy atom. The third-order valence-corrected chi connectivity index (χ3v) is 14.1. The Morgan fingerprint density at radius 2 is 0.712 bits per heavy atom. The number of rotatable bonds is 9. The van der Waals surface area contributed by atoms with Crippen molar-refractivity contribution in [3.05, 3.63) is 261 Å². The Hall–Kier alpha value is -8.30. The normalized spacial score (nSPS) is 11.3. The van der Waals surface area contributed by atoms with Gasteiger partial charge in [0.2, 0.25) is 0 Å². The predicted molar refractivity (Wildman–Crippen MR) is 284 cm³/mol. The van der Waals surface area contributed by atoms with Crippen LogP contribution in [-0.2, 0) is 0 Å². The lowest BCUT2D eigenvalue weighted by molar-refractivity contribution is 1.28. The molecule has 0 saturated carbocycles. The summed E-state index contributed by atoms with van der Waals surface area (Å²) in [5, 5.41) is 5.15. The van der Waals surface area contributed by atoms with Crippen molar-refractivity contribution in [2.75, 3.05) is 4.90 Å². The van der Waals surface area contributed by atoms with Gasteiger partial charge in [0.15, 0.2) is 0 Å². The van der Waals surface area contributed by atoms with E-state index in [4.69, 9.17) is 0 Å². The third kappa shape index (κ3) is 7.44. The smallest absolute Gasteiger partial charge is 0.0467 e. The molecule has 1 heterocycles. The molecule has 1 aromatic heterocycles. The van der Waals surface area contributed by atoms with Gasteiger partial charge in [0.25, 0.3) is 0 Å². The lowest BCUT2D eigenvalue weighted by Gasteiger charge is -2.26. The van der Waals surface area contributed by atoms with Crippen LogP contribution in [0.1, 0.15) is 0 Å². The van der Waals surface area contributed by atoms with E-state index in [1.165, 1.54) is 97.7 Å². The highest BCUT2D eigenvalue weighted by Gasteiger charge is 2.17. The lowest BCUT2D eigenvalue weighted by atomic mass is 9.94. The van der Waals surface area contributed by atoms with Crippen LogP contribution in [0.3, 0.4) is 0 Å². The molecule has 310 valence electrons. The second kappa shape index (κ2) is 17.0. The molecule has 12 rings (SSSR count). The molecule has 0 N–H and O–H groups in total. The van der Waals surface area contributed by atoms with E-state index in [9.17, 15) is 0 Å². The molecule has 0 spiro atoms. The monoisotopic (exact) mass is 857 g/mol. The molecule has 2 heteroatoms. The van der Waals surface area contributed by atoms with Gasteiger partial charge in [-0.15, -0.1) is 11.3 Å². The second-order valence-electron chi connectivity index (χ2n) is 16.9. The summed E-state index contributed by atoms with van der Waals surface area (Å²) in [6, 6.07) is 95.0. The average Bonchev–Trinajstić information content (AvgIpc) is 3.79. The average molecular weight is 858 g/mol. The predicted octanol–water partition coefficient (Wildman–Crippen LogP) is 18.7. The van der Waals surface area contributed by atoms with E-state index in [1.54, 1.807) is 0 Å². The van der Waals surface area contributed by atoms with E-state index in [1.807, 2.05) is 11.3 Å². The van der Waals surface area contributed by atoms with Crippen LogP contribution < -0.4 is 4.90 Å². The molecule has 0 saturated heterocycles. The van der Waals surface area contributed by atoms with Crippen LogP contribution in [0.2, 0.25) is 0 Å². The van der Waals surface area contributed by atoms with E-state index in [-0.39, 0.29) is 0 Å². The largest absolute Gasteiger partial charge is 0.310 e. The van der Waals surface area contributed by atoms with Crippen LogP contribution in [0.25, 0.3) is 97.7 Å². The fourth-order valence-electron chi connectivity index (χ4n) is 9.53. The summed E-state index contributed by atoms with van der Waals surface area (Å²) in [6.45, 7) is 0. The van der Waals surface area contributed by atoms with Crippen molar-refractivity contribution in [3.63, 3.8) is 0 Å². The molecule has 1 nitrogen and oxygen atoms in total. The molecule has 0 fully saturated rings. The zero-order valence-electron chi connectivity index (χ0n) is 36.2. The van der Waals surface area contributed by atoms with Crippen molar-refractivity contribution in [3.8, 4) is 66.8 Å². The number of fused-ring (bicyclic) bond motifs is 4. The third-order valence-electron chi connectivity index (χ3n) is 12.9. The SMILES string of the molecule is c1ccc(-c2ccccc2-c2cccc(N(c3ccc(-c4ccc(-c5cccc(-c6ccc7ccccc7c6)c5)cc4)cc3)c3ccc(-c4cccc5c4sc4ccccc45)cc3)c2)cc1. The summed E-state index contributed by atoms with van der Waals surface area (Å²) in [4.78, 5) is 2.38. The van der Waals surface area contributed by atoms with Crippen molar-refractivity contribution in [2.45, 2.75) is 0 Å². The molecular formula is C64H43NS. The first kappa shape index (κ1) is 39.3. The van der Waals surface area contributed by atoms with Gasteiger partial charge in [-0.2, -0.15) is 0 Å². The van der Waals surface area contributed by atoms with Crippen LogP contribution in [-0.4, -0.2) is 0 Å². The number of hydrogen-bond donors (Lipinski definition) is 0. The van der Waals surface area contributed by atoms with Gasteiger partial charge < -0.3 is 4.90 Å². The van der Waals surface area contributed by atoms with E-state index >= 15 is 0 Å². The van der Waals surface area contributed by atoms with Gasteiger partial charge in [-0.25, -0.2) is 0 Å². The number of hydrogen-bond acceptors (Lipinski definition) is 2. The molecule has 0 unspecified atom stereocenters. The second-order valence-corrected chi connectivity index (χ2v) is 17.9. The van der Waals surface area contributed by atoms with Crippen LogP contribution in [0.15, 0.2) is 261 Å². The maximum absolute atomic E-state index is 2.38. The minimum absolute atomic E-state index is 1.09. The molecule has 11 aromatic carbocycles. The van der Waals surface area contributed by atoms with E-state index in [0.717, 1.165) is 17.1 Å². The summed E-state index contributed by atoms with van der Waals surface area (Å²) in [5.41, 5.74) is 17.8. The van der Waals surface area contributed by atoms with Gasteiger partial charge in [0, 0.05) is 37.2 Å². The van der Waals surface area contributed by atoms with Crippen LogP contribution in [0.5, 0.6) is 0 Å². The Morgan fingerprint density at radius 3 is 1.47 bits per heavy atom. The quantitative estimate of drug-likeness (QED) is 0.140. The molecule has 0 atom stereocenters. The van der Waals surface area contributed by atoms with Gasteiger partial charge in [0.1, 0.15) is 0 Å². The first-order valence-electron chi connectivity index (χ1n) is 22.6. The maximum atomic E-state index is 2.38. The molecule has 0 aliphatic carbocycles. The lowest BCUT2D eigenvalue weighted by Crippen LogP contribution is -2.10. The highest BCUT2D eigenvalue weighted by Crippen LogP contribution is 2.43. The zero-order chi connectivity index (χ0) is 43.8. The van der Waals surface area contributed by atoms with E-state index in [0.29, 0.717) is 0 Å². The number of benzene rings is 11. The van der Waals surface area contributed by atoms with E-state index in [2.05, 4.69) is 266 Å². The summed E-state index contributed by atoms with van der Waals surface area (Å²) in [5.74, 6) is 0. The van der Waals surface area contributed by atoms with Crippen LogP contribution >= 0.6 is 11.3 Å². The topological polar surface area (TPSA) is 3.24 Å². The van der Waals surface area contributed by atoms with Gasteiger partial charge in [0.05, 0.1) is 0 Å². The molecule has 0 aliphatic rings. The minimum Gasteiger partial charge on any atom is -0.310 e. The van der Waals surface area contributed by atoms with Gasteiger partial charge in [-0.05, 0) is 132 Å². The fourth-order valence-corrected chi connectivity index (χ4v) is 10.8. The van der Waals surface area contributed by atoms with Crippen molar-refractivity contribution in [1.82, 2.24) is 0 Å². The summed E-state index contributed by atoms with van der Waals surface area (Å²) in [7, 11) is 0. The number of thiophene rings is 1. The first-order chi connectivity index (χ1) is 32.7. The zero-order valence-corrected chi connectivity index (χ0v) is 37.0. The Kier molecular flexibility index (Phi) is 10.1. The maximum Gasteiger partial charge on any atom is 0.0467 e. The molecule has 0 radical (unpaired) electrons. The molecule has 0 bridgehead atoms. The molecule has 12 aromatic rings. The molecule has 66 heavy (non-hydrogen) atoms. The van der Waals surface area contributed by atoms with Gasteiger partial charge in [-0.3, -0.25) is 0 Å². The Labute approximate surface area is 389 Å². The van der Waals surface area contributed by atoms with Crippen molar-refractivity contribution in [2.24, 2.45) is 0 Å². The Balaban J connectivity index is 0.888. The summed E-state index contributed by atoms with van der Waals surface area (Å²) in [6.07, 6.45) is 0. The molecule has 0 amide bonds. The Bertz CT molecular complexity index is 3680. The summed E-state index contributed by atoms with van der Waals surface area (Å²) < 4.78 is 2.64. The molecule has 0 aliphatic heterocycles. The van der Waals surface area contributed by atoms with E-state index < -0.39 is 0 Å². The summed E-state index contributed by atoms with van der Waals surface area (Å²) >= 11 is 1.87. The molecular weight excluding hydrogens is 815 g/mol. The number of nitrogens with zero attached hydrogens (tertiary/aromatic N) is 1. The van der Waals surface area contributed by atoms with Crippen molar-refractivity contribution >= 4 is 59.3 Å². The van der Waals surface area contributed by atoms with Crippen LogP contribution in [0, 0.1) is 0 Å². The van der Waals surface area contributed by atoms with Crippen LogP contribution in [0.4, 0.5) is 17.1 Å². The fraction of sp³-hybridized carbons (Fsp3) is 0. The van der Waals surface area contributed by atoms with Gasteiger partial charge in [-0.1, -0.05) is 206 Å². The van der Waals surface area contributed by atoms with Gasteiger partial charge >= 0.3 is 0 Å². The first-order valence-corrected chi connectivity index (χ1v) is 23.4. The standard InChI is InChI=1S/C64H43NS/c1-2-14-48(15-3-1)58-21-6-7-22-59(58)54-19-11-20-57(43-54)65(56-39-35-49(36-40-56)60-24-12-25-62-61-23-8-9-26-63(61)66-64(60)62)55-37-33-46(34-38-55)45-27-29-47(30-28-45)51-17-10-18-52(41-51)53-32-31-44-13-4-5-16-50(44)42-53/h1-43H. The minimum atomic E-state index is 1.09. The highest BCUT2D eigenvalue weighted by atomic mass is 32.1. The number of anilines is 3. The van der Waals surface area contributed by atoms with Crippen molar-refractivity contribution in [1.29, 1.82) is 0 Å². The highest BCUT2D eigenvalue weighted by molar-refractivity contribution is 7.26.